The molecule has 0 unspecified atom stereocenters. The van der Waals surface area contributed by atoms with Crippen LogP contribution in [0, 0.1) is 5.82 Å². The summed E-state index contributed by atoms with van der Waals surface area (Å²) in [5.41, 5.74) is -0.502. The first kappa shape index (κ1) is 16.4. The lowest BCUT2D eigenvalue weighted by atomic mass is 9.83. The molecular formula is C17H14F4N2O. The Morgan fingerprint density at radius 2 is 1.54 bits per heavy atom. The maximum absolute atomic E-state index is 14.2. The van der Waals surface area contributed by atoms with Gasteiger partial charge in [0, 0.05) is 0 Å². The number of alkyl halides is 3. The molecule has 0 spiro atoms. The molecule has 3 rings (SSSR count). The van der Waals surface area contributed by atoms with Crippen LogP contribution in [-0.4, -0.2) is 10.3 Å². The molecule has 0 aliphatic heterocycles. The summed E-state index contributed by atoms with van der Waals surface area (Å²) in [4.78, 5) is 0. The van der Waals surface area contributed by atoms with Gasteiger partial charge in [0.25, 0.3) is 0 Å². The minimum Gasteiger partial charge on any atom is -0.243 e. The maximum Gasteiger partial charge on any atom is 0.417 e. The molecule has 0 saturated heterocycles. The van der Waals surface area contributed by atoms with Crippen LogP contribution >= 0.6 is 0 Å². The van der Waals surface area contributed by atoms with Crippen molar-refractivity contribution in [1.29, 1.82) is 0 Å². The number of hydrogen-bond acceptors (Lipinski definition) is 3. The van der Waals surface area contributed by atoms with Crippen LogP contribution in [0.25, 0.3) is 22.2 Å². The molecular weight excluding hydrogens is 324 g/mol. The fourth-order valence-corrected chi connectivity index (χ4v) is 2.57. The zero-order valence-corrected chi connectivity index (χ0v) is 13.2. The smallest absolute Gasteiger partial charge is 0.243 e. The van der Waals surface area contributed by atoms with Crippen molar-refractivity contribution >= 4 is 11.0 Å². The van der Waals surface area contributed by atoms with Crippen LogP contribution in [0.5, 0.6) is 0 Å². The van der Waals surface area contributed by atoms with Gasteiger partial charge in [-0.05, 0) is 56.7 Å². The van der Waals surface area contributed by atoms with E-state index in [-0.39, 0.29) is 16.7 Å². The Hall–Kier alpha value is -2.44. The molecule has 3 aromatic rings. The SMILES string of the molecule is CC(C)(C)c1cc(-c2ccc3nonc3c2)c(C(F)(F)F)cc1F. The van der Waals surface area contributed by atoms with Gasteiger partial charge in [0.15, 0.2) is 0 Å². The molecule has 0 aliphatic rings. The Balaban J connectivity index is 2.30. The highest BCUT2D eigenvalue weighted by Crippen LogP contribution is 2.41. The van der Waals surface area contributed by atoms with E-state index < -0.39 is 23.0 Å². The Morgan fingerprint density at radius 3 is 2.17 bits per heavy atom. The van der Waals surface area contributed by atoms with Crippen molar-refractivity contribution in [1.82, 2.24) is 10.3 Å². The van der Waals surface area contributed by atoms with Crippen LogP contribution in [0.2, 0.25) is 0 Å². The second-order valence-corrected chi connectivity index (χ2v) is 6.59. The van der Waals surface area contributed by atoms with E-state index in [0.29, 0.717) is 17.1 Å². The van der Waals surface area contributed by atoms with Crippen molar-refractivity contribution in [2.75, 3.05) is 0 Å². The highest BCUT2D eigenvalue weighted by Gasteiger charge is 2.36. The van der Waals surface area contributed by atoms with Gasteiger partial charge in [-0.15, -0.1) is 0 Å². The number of nitrogens with zero attached hydrogens (tertiary/aromatic N) is 2. The first-order chi connectivity index (χ1) is 11.1. The minimum absolute atomic E-state index is 0.0984. The summed E-state index contributed by atoms with van der Waals surface area (Å²) in [7, 11) is 0. The summed E-state index contributed by atoms with van der Waals surface area (Å²) >= 11 is 0. The Labute approximate surface area is 135 Å². The largest absolute Gasteiger partial charge is 0.417 e. The Kier molecular flexibility index (Phi) is 3.62. The third-order valence-corrected chi connectivity index (χ3v) is 3.79. The fourth-order valence-electron chi connectivity index (χ4n) is 2.57. The number of halogens is 4. The predicted octanol–water partition coefficient (Wildman–Crippen LogP) is 5.35. The van der Waals surface area contributed by atoms with Gasteiger partial charge in [-0.1, -0.05) is 26.8 Å². The van der Waals surface area contributed by atoms with Gasteiger partial charge in [-0.2, -0.15) is 13.2 Å². The van der Waals surface area contributed by atoms with Crippen molar-refractivity contribution in [2.45, 2.75) is 32.4 Å². The van der Waals surface area contributed by atoms with Gasteiger partial charge in [0.05, 0.1) is 5.56 Å². The molecule has 0 bridgehead atoms. The Bertz CT molecular complexity index is 907. The molecule has 0 aliphatic carbocycles. The third kappa shape index (κ3) is 2.86. The molecule has 3 nitrogen and oxygen atoms in total. The average molecular weight is 338 g/mol. The van der Waals surface area contributed by atoms with Crippen LogP contribution < -0.4 is 0 Å². The maximum atomic E-state index is 14.2. The van der Waals surface area contributed by atoms with E-state index in [1.165, 1.54) is 24.3 Å². The zero-order chi connectivity index (χ0) is 17.7. The number of benzene rings is 2. The first-order valence-corrected chi connectivity index (χ1v) is 7.21. The van der Waals surface area contributed by atoms with E-state index in [4.69, 9.17) is 0 Å². The molecule has 0 fully saturated rings. The second kappa shape index (κ2) is 5.29. The van der Waals surface area contributed by atoms with Gasteiger partial charge < -0.3 is 0 Å². The van der Waals surface area contributed by atoms with Crippen molar-refractivity contribution < 1.29 is 22.2 Å². The summed E-state index contributed by atoms with van der Waals surface area (Å²) in [6.45, 7) is 5.23. The number of fused-ring (bicyclic) bond motifs is 1. The summed E-state index contributed by atoms with van der Waals surface area (Å²) in [5, 5.41) is 7.27. The molecule has 0 N–H and O–H groups in total. The van der Waals surface area contributed by atoms with E-state index in [2.05, 4.69) is 14.9 Å². The predicted molar refractivity (Wildman–Crippen MR) is 80.9 cm³/mol. The lowest BCUT2D eigenvalue weighted by molar-refractivity contribution is -0.137. The van der Waals surface area contributed by atoms with Gasteiger partial charge in [-0.3, -0.25) is 0 Å². The van der Waals surface area contributed by atoms with E-state index in [1.54, 1.807) is 20.8 Å². The summed E-state index contributed by atoms with van der Waals surface area (Å²) in [5.74, 6) is -0.872. The highest BCUT2D eigenvalue weighted by atomic mass is 19.4. The van der Waals surface area contributed by atoms with Crippen LogP contribution in [0.3, 0.4) is 0 Å². The topological polar surface area (TPSA) is 38.9 Å². The van der Waals surface area contributed by atoms with E-state index in [1.807, 2.05) is 0 Å². The van der Waals surface area contributed by atoms with E-state index in [0.717, 1.165) is 0 Å². The average Bonchev–Trinajstić information content (AvgIpc) is 2.92. The van der Waals surface area contributed by atoms with Gasteiger partial charge >= 0.3 is 6.18 Å². The summed E-state index contributed by atoms with van der Waals surface area (Å²) in [6, 6.07) is 6.26. The standard InChI is InChI=1S/C17H14F4N2O/c1-16(2,3)12-7-10(11(8-13(12)18)17(19,20)21)9-4-5-14-15(6-9)23-24-22-14/h4-8H,1-3H3. The molecule has 1 aromatic heterocycles. The van der Waals surface area contributed by atoms with Crippen LogP contribution in [0.1, 0.15) is 31.9 Å². The Morgan fingerprint density at radius 1 is 0.875 bits per heavy atom. The number of rotatable bonds is 1. The molecule has 0 amide bonds. The van der Waals surface area contributed by atoms with Gasteiger partial charge in [0.2, 0.25) is 0 Å². The molecule has 126 valence electrons. The van der Waals surface area contributed by atoms with Crippen molar-refractivity contribution in [3.63, 3.8) is 0 Å². The molecule has 24 heavy (non-hydrogen) atoms. The highest BCUT2D eigenvalue weighted by molar-refractivity contribution is 5.82. The molecule has 7 heteroatoms. The molecule has 1 heterocycles. The van der Waals surface area contributed by atoms with Crippen molar-refractivity contribution in [3.05, 3.63) is 47.3 Å². The molecule has 0 saturated carbocycles. The van der Waals surface area contributed by atoms with Gasteiger partial charge in [0.1, 0.15) is 16.9 Å². The van der Waals surface area contributed by atoms with Crippen molar-refractivity contribution in [2.24, 2.45) is 0 Å². The number of hydrogen-bond donors (Lipinski definition) is 0. The van der Waals surface area contributed by atoms with E-state index in [9.17, 15) is 17.6 Å². The third-order valence-electron chi connectivity index (χ3n) is 3.79. The van der Waals surface area contributed by atoms with Crippen LogP contribution in [0.15, 0.2) is 35.0 Å². The molecule has 0 atom stereocenters. The zero-order valence-electron chi connectivity index (χ0n) is 13.2. The van der Waals surface area contributed by atoms with E-state index >= 15 is 0 Å². The molecule has 0 radical (unpaired) electrons. The van der Waals surface area contributed by atoms with Gasteiger partial charge in [-0.25, -0.2) is 9.02 Å². The minimum atomic E-state index is -4.68. The monoisotopic (exact) mass is 338 g/mol. The summed E-state index contributed by atoms with van der Waals surface area (Å²) < 4.78 is 59.0. The number of aromatic nitrogens is 2. The first-order valence-electron chi connectivity index (χ1n) is 7.21. The lowest BCUT2D eigenvalue weighted by Crippen LogP contribution is -2.16. The van der Waals surface area contributed by atoms with Crippen molar-refractivity contribution in [3.8, 4) is 11.1 Å². The second-order valence-electron chi connectivity index (χ2n) is 6.59. The molecule has 2 aromatic carbocycles. The lowest BCUT2D eigenvalue weighted by Gasteiger charge is -2.23. The summed E-state index contributed by atoms with van der Waals surface area (Å²) in [6.07, 6.45) is -4.68. The van der Waals surface area contributed by atoms with Crippen LogP contribution in [0.4, 0.5) is 17.6 Å². The quantitative estimate of drug-likeness (QED) is 0.562. The fraction of sp³-hybridized carbons (Fsp3) is 0.294. The van der Waals surface area contributed by atoms with Crippen LogP contribution in [-0.2, 0) is 11.6 Å². The normalized spacial score (nSPS) is 12.8.